The molecular formula is C25H34N2O6. The number of carbonyl (C=O) groups is 3. The molecule has 2 unspecified atom stereocenters. The van der Waals surface area contributed by atoms with Crippen molar-refractivity contribution in [3.63, 3.8) is 0 Å². The van der Waals surface area contributed by atoms with Crippen molar-refractivity contribution in [3.8, 4) is 0 Å². The van der Waals surface area contributed by atoms with E-state index in [2.05, 4.69) is 10.6 Å². The first kappa shape index (κ1) is 23.5. The summed E-state index contributed by atoms with van der Waals surface area (Å²) in [6.45, 7) is 5.22. The van der Waals surface area contributed by atoms with Crippen LogP contribution < -0.4 is 10.6 Å². The Kier molecular flexibility index (Phi) is 5.93. The number of carboxylic acid groups (broad SMARTS) is 1. The molecule has 4 fully saturated rings. The van der Waals surface area contributed by atoms with Gasteiger partial charge in [0.05, 0.1) is 5.60 Å². The zero-order chi connectivity index (χ0) is 24.0. The van der Waals surface area contributed by atoms with Gasteiger partial charge in [0.1, 0.15) is 11.6 Å². The Labute approximate surface area is 194 Å². The van der Waals surface area contributed by atoms with Crippen molar-refractivity contribution in [2.45, 2.75) is 82.6 Å². The lowest BCUT2D eigenvalue weighted by Crippen LogP contribution is -2.66. The van der Waals surface area contributed by atoms with Crippen LogP contribution in [0.5, 0.6) is 0 Å². The molecule has 4 aliphatic carbocycles. The molecule has 0 aromatic heterocycles. The van der Waals surface area contributed by atoms with E-state index in [-0.39, 0.29) is 11.8 Å². The van der Waals surface area contributed by atoms with Crippen molar-refractivity contribution in [3.05, 3.63) is 35.9 Å². The van der Waals surface area contributed by atoms with Gasteiger partial charge in [0, 0.05) is 5.41 Å². The molecule has 5 rings (SSSR count). The van der Waals surface area contributed by atoms with E-state index in [1.807, 2.05) is 0 Å². The van der Waals surface area contributed by atoms with Crippen molar-refractivity contribution in [1.29, 1.82) is 0 Å². The summed E-state index contributed by atoms with van der Waals surface area (Å²) in [5, 5.41) is 26.4. The first-order valence-corrected chi connectivity index (χ1v) is 11.7. The van der Waals surface area contributed by atoms with Gasteiger partial charge in [0.2, 0.25) is 5.91 Å². The second-order valence-electron chi connectivity index (χ2n) is 11.3. The third kappa shape index (κ3) is 5.00. The van der Waals surface area contributed by atoms with Gasteiger partial charge in [-0.25, -0.2) is 9.59 Å². The van der Waals surface area contributed by atoms with Crippen LogP contribution in [0.3, 0.4) is 0 Å². The van der Waals surface area contributed by atoms with E-state index in [9.17, 15) is 24.6 Å². The van der Waals surface area contributed by atoms with Gasteiger partial charge in [0.25, 0.3) is 0 Å². The molecule has 0 radical (unpaired) electrons. The summed E-state index contributed by atoms with van der Waals surface area (Å²) in [5.74, 6) is -1.18. The SMILES string of the molecule is CC(C)(C)OC(=O)N[C@H](C(=O)N[C@H](C(=O)O)c1ccccc1)C12CC3CC(CC(O)(C3)C1)C2. The monoisotopic (exact) mass is 458 g/mol. The average molecular weight is 459 g/mol. The molecule has 0 spiro atoms. The molecule has 8 nitrogen and oxygen atoms in total. The van der Waals surface area contributed by atoms with Crippen molar-refractivity contribution < 1.29 is 29.3 Å². The Bertz CT molecular complexity index is 911. The summed E-state index contributed by atoms with van der Waals surface area (Å²) < 4.78 is 5.43. The molecule has 33 heavy (non-hydrogen) atoms. The van der Waals surface area contributed by atoms with Gasteiger partial charge in [0.15, 0.2) is 6.04 Å². The fourth-order valence-corrected chi connectivity index (χ4v) is 6.70. The van der Waals surface area contributed by atoms with Crippen molar-refractivity contribution >= 4 is 18.0 Å². The Morgan fingerprint density at radius 1 is 1.03 bits per heavy atom. The number of carbonyl (C=O) groups excluding carboxylic acids is 2. The zero-order valence-corrected chi connectivity index (χ0v) is 19.5. The van der Waals surface area contributed by atoms with Crippen molar-refractivity contribution in [2.75, 3.05) is 0 Å². The smallest absolute Gasteiger partial charge is 0.408 e. The summed E-state index contributed by atoms with van der Waals surface area (Å²) >= 11 is 0. The number of hydrogen-bond acceptors (Lipinski definition) is 5. The highest BCUT2D eigenvalue weighted by atomic mass is 16.6. The van der Waals surface area contributed by atoms with E-state index in [0.717, 1.165) is 6.42 Å². The van der Waals surface area contributed by atoms with Crippen molar-refractivity contribution in [2.24, 2.45) is 17.3 Å². The van der Waals surface area contributed by atoms with E-state index in [4.69, 9.17) is 4.74 Å². The van der Waals surface area contributed by atoms with Gasteiger partial charge in [-0.05, 0) is 76.7 Å². The van der Waals surface area contributed by atoms with Crippen LogP contribution in [0.15, 0.2) is 30.3 Å². The highest BCUT2D eigenvalue weighted by molar-refractivity contribution is 5.90. The molecular weight excluding hydrogens is 424 g/mol. The summed E-state index contributed by atoms with van der Waals surface area (Å²) in [6.07, 6.45) is 3.56. The number of alkyl carbamates (subject to hydrolysis) is 1. The van der Waals surface area contributed by atoms with E-state index >= 15 is 0 Å². The molecule has 180 valence electrons. The lowest BCUT2D eigenvalue weighted by molar-refractivity contribution is -0.177. The largest absolute Gasteiger partial charge is 0.479 e. The van der Waals surface area contributed by atoms with Gasteiger partial charge in [-0.2, -0.15) is 0 Å². The molecule has 0 aliphatic heterocycles. The minimum atomic E-state index is -1.25. The van der Waals surface area contributed by atoms with E-state index < -0.39 is 46.7 Å². The first-order valence-electron chi connectivity index (χ1n) is 11.7. The Balaban J connectivity index is 1.63. The van der Waals surface area contributed by atoms with Crippen LogP contribution in [0.1, 0.15) is 70.9 Å². The van der Waals surface area contributed by atoms with Crippen LogP contribution in [0.2, 0.25) is 0 Å². The summed E-state index contributed by atoms with van der Waals surface area (Å²) in [7, 11) is 0. The molecule has 4 atom stereocenters. The number of aliphatic hydroxyl groups is 1. The number of rotatable bonds is 6. The minimum Gasteiger partial charge on any atom is -0.479 e. The molecule has 4 N–H and O–H groups in total. The molecule has 2 amide bonds. The lowest BCUT2D eigenvalue weighted by Gasteiger charge is -2.61. The number of amides is 2. The molecule has 0 saturated heterocycles. The molecule has 1 aromatic rings. The highest BCUT2D eigenvalue weighted by Gasteiger charge is 2.61. The zero-order valence-electron chi connectivity index (χ0n) is 19.5. The van der Waals surface area contributed by atoms with Crippen molar-refractivity contribution in [1.82, 2.24) is 10.6 Å². The van der Waals surface area contributed by atoms with E-state index in [1.54, 1.807) is 51.1 Å². The van der Waals surface area contributed by atoms with Crippen LogP contribution in [0.25, 0.3) is 0 Å². The van der Waals surface area contributed by atoms with Crippen LogP contribution in [-0.2, 0) is 14.3 Å². The maximum absolute atomic E-state index is 13.6. The normalized spacial score (nSPS) is 32.0. The predicted molar refractivity (Wildman–Crippen MR) is 120 cm³/mol. The number of hydrogen-bond donors (Lipinski definition) is 4. The quantitative estimate of drug-likeness (QED) is 0.519. The average Bonchev–Trinajstić information content (AvgIpc) is 2.67. The summed E-state index contributed by atoms with van der Waals surface area (Å²) in [4.78, 5) is 38.4. The second kappa shape index (κ2) is 8.31. The summed E-state index contributed by atoms with van der Waals surface area (Å²) in [6, 6.07) is 6.22. The van der Waals surface area contributed by atoms with Crippen LogP contribution in [0, 0.1) is 17.3 Å². The topological polar surface area (TPSA) is 125 Å². The molecule has 1 aromatic carbocycles. The molecule has 4 saturated carbocycles. The van der Waals surface area contributed by atoms with Gasteiger partial charge in [-0.1, -0.05) is 30.3 Å². The molecule has 4 aliphatic rings. The Hall–Kier alpha value is -2.61. The number of ether oxygens (including phenoxy) is 1. The Morgan fingerprint density at radius 2 is 1.64 bits per heavy atom. The van der Waals surface area contributed by atoms with Gasteiger partial charge >= 0.3 is 12.1 Å². The number of carboxylic acids is 1. The second-order valence-corrected chi connectivity index (χ2v) is 11.3. The van der Waals surface area contributed by atoms with Gasteiger partial charge < -0.3 is 25.6 Å². The lowest BCUT2D eigenvalue weighted by atomic mass is 9.46. The fraction of sp³-hybridized carbons (Fsp3) is 0.640. The number of aliphatic carboxylic acids is 1. The maximum atomic E-state index is 13.6. The van der Waals surface area contributed by atoms with Gasteiger partial charge in [-0.15, -0.1) is 0 Å². The third-order valence-corrected chi connectivity index (χ3v) is 7.28. The molecule has 4 bridgehead atoms. The van der Waals surface area contributed by atoms with E-state index in [1.165, 1.54) is 0 Å². The van der Waals surface area contributed by atoms with E-state index in [0.29, 0.717) is 37.7 Å². The highest BCUT2D eigenvalue weighted by Crippen LogP contribution is 2.62. The summed E-state index contributed by atoms with van der Waals surface area (Å²) in [5.41, 5.74) is -1.79. The first-order chi connectivity index (χ1) is 15.4. The molecule has 0 heterocycles. The third-order valence-electron chi connectivity index (χ3n) is 7.28. The standard InChI is InChI=1S/C25H34N2O6/c1-23(2,3)33-22(31)27-19(20(28)26-18(21(29)30)17-7-5-4-6-8-17)24-10-15-9-16(11-24)13-25(32,12-15)14-24/h4-8,15-16,18-19,32H,9-14H2,1-3H3,(H,26,28)(H,27,31)(H,29,30)/t15?,16?,18-,19+,24?,25?/m0/s1. The minimum absolute atomic E-state index is 0.288. The number of benzene rings is 1. The fourth-order valence-electron chi connectivity index (χ4n) is 6.70. The van der Waals surface area contributed by atoms with Crippen LogP contribution >= 0.6 is 0 Å². The van der Waals surface area contributed by atoms with Crippen LogP contribution in [0.4, 0.5) is 4.79 Å². The Morgan fingerprint density at radius 3 is 2.15 bits per heavy atom. The van der Waals surface area contributed by atoms with Crippen LogP contribution in [-0.4, -0.2) is 45.4 Å². The molecule has 8 heteroatoms. The predicted octanol–water partition coefficient (Wildman–Crippen LogP) is 3.15. The van der Waals surface area contributed by atoms with Gasteiger partial charge in [-0.3, -0.25) is 4.79 Å². The maximum Gasteiger partial charge on any atom is 0.408 e. The number of nitrogens with one attached hydrogen (secondary N) is 2.